The van der Waals surface area contributed by atoms with E-state index in [2.05, 4.69) is 17.2 Å². The summed E-state index contributed by atoms with van der Waals surface area (Å²) in [6.07, 6.45) is 3.61. The molecule has 2 aromatic rings. The molecule has 0 bridgehead atoms. The third kappa shape index (κ3) is 3.69. The fourth-order valence-electron chi connectivity index (χ4n) is 1.86. The highest BCUT2D eigenvalue weighted by molar-refractivity contribution is 6.32. The fraction of sp³-hybridized carbons (Fsp3) is 0.267. The van der Waals surface area contributed by atoms with Crippen LogP contribution in [-0.2, 0) is 6.54 Å². The number of benzene rings is 1. The van der Waals surface area contributed by atoms with Crippen LogP contribution in [0.2, 0.25) is 5.02 Å². The fourth-order valence-corrected chi connectivity index (χ4v) is 2.14. The Bertz CT molecular complexity index is 531. The summed E-state index contributed by atoms with van der Waals surface area (Å²) in [5.41, 5.74) is 2.35. The van der Waals surface area contributed by atoms with E-state index in [1.807, 2.05) is 30.3 Å². The molecule has 4 heteroatoms. The first-order valence-electron chi connectivity index (χ1n) is 6.16. The number of pyridine rings is 1. The van der Waals surface area contributed by atoms with Gasteiger partial charge in [0.1, 0.15) is 5.75 Å². The molecule has 1 aromatic heterocycles. The quantitative estimate of drug-likeness (QED) is 0.906. The Hall–Kier alpha value is -1.58. The summed E-state index contributed by atoms with van der Waals surface area (Å²) in [4.78, 5) is 4.02. The molecule has 0 aliphatic carbocycles. The van der Waals surface area contributed by atoms with Gasteiger partial charge in [-0.3, -0.25) is 4.98 Å². The van der Waals surface area contributed by atoms with Gasteiger partial charge in [-0.05, 0) is 42.3 Å². The molecule has 2 rings (SSSR count). The summed E-state index contributed by atoms with van der Waals surface area (Å²) in [6.45, 7) is 2.88. The van der Waals surface area contributed by atoms with Crippen molar-refractivity contribution in [3.05, 3.63) is 58.9 Å². The van der Waals surface area contributed by atoms with Crippen LogP contribution in [0.15, 0.2) is 42.7 Å². The second-order valence-electron chi connectivity index (χ2n) is 4.35. The van der Waals surface area contributed by atoms with Gasteiger partial charge >= 0.3 is 0 Å². The molecule has 0 amide bonds. The number of nitrogens with one attached hydrogen (secondary N) is 1. The van der Waals surface area contributed by atoms with E-state index in [1.54, 1.807) is 19.5 Å². The van der Waals surface area contributed by atoms with E-state index in [-0.39, 0.29) is 6.04 Å². The van der Waals surface area contributed by atoms with Gasteiger partial charge in [-0.25, -0.2) is 0 Å². The molecule has 19 heavy (non-hydrogen) atoms. The smallest absolute Gasteiger partial charge is 0.137 e. The van der Waals surface area contributed by atoms with E-state index < -0.39 is 0 Å². The first-order valence-corrected chi connectivity index (χ1v) is 6.54. The van der Waals surface area contributed by atoms with Crippen molar-refractivity contribution in [2.45, 2.75) is 19.5 Å². The average molecular weight is 277 g/mol. The number of methoxy groups -OCH3 is 1. The Balaban J connectivity index is 1.97. The molecule has 1 heterocycles. The lowest BCUT2D eigenvalue weighted by atomic mass is 10.1. The first kappa shape index (κ1) is 13.8. The van der Waals surface area contributed by atoms with Crippen molar-refractivity contribution in [3.8, 4) is 5.75 Å². The van der Waals surface area contributed by atoms with Crippen molar-refractivity contribution in [2.24, 2.45) is 0 Å². The summed E-state index contributed by atoms with van der Waals surface area (Å²) >= 11 is 6.10. The molecule has 100 valence electrons. The molecule has 0 saturated carbocycles. The Morgan fingerprint density at radius 3 is 2.63 bits per heavy atom. The average Bonchev–Trinajstić information content (AvgIpc) is 2.46. The maximum absolute atomic E-state index is 6.10. The number of hydrogen-bond donors (Lipinski definition) is 1. The maximum atomic E-state index is 6.10. The van der Waals surface area contributed by atoms with Gasteiger partial charge in [0.25, 0.3) is 0 Å². The van der Waals surface area contributed by atoms with Crippen molar-refractivity contribution in [1.29, 1.82) is 0 Å². The Morgan fingerprint density at radius 2 is 2.00 bits per heavy atom. The Kier molecular flexibility index (Phi) is 4.77. The van der Waals surface area contributed by atoms with E-state index in [9.17, 15) is 0 Å². The van der Waals surface area contributed by atoms with Crippen LogP contribution in [0.25, 0.3) is 0 Å². The topological polar surface area (TPSA) is 34.1 Å². The largest absolute Gasteiger partial charge is 0.495 e. The summed E-state index contributed by atoms with van der Waals surface area (Å²) in [5.74, 6) is 0.701. The molecule has 3 nitrogen and oxygen atoms in total. The van der Waals surface area contributed by atoms with Crippen LogP contribution >= 0.6 is 11.6 Å². The molecule has 0 aliphatic heterocycles. The van der Waals surface area contributed by atoms with Gasteiger partial charge in [-0.15, -0.1) is 0 Å². The van der Waals surface area contributed by atoms with Crippen LogP contribution in [0.4, 0.5) is 0 Å². The van der Waals surface area contributed by atoms with Gasteiger partial charge in [0.15, 0.2) is 0 Å². The summed E-state index contributed by atoms with van der Waals surface area (Å²) < 4.78 is 5.14. The standard InChI is InChI=1S/C15H17ClN2O/c1-11(13-5-7-17-8-6-13)18-10-12-3-4-15(19-2)14(16)9-12/h3-9,11,18H,10H2,1-2H3/t11-/m1/s1. The number of rotatable bonds is 5. The highest BCUT2D eigenvalue weighted by Gasteiger charge is 2.06. The predicted octanol–water partition coefficient (Wildman–Crippen LogP) is 3.59. The van der Waals surface area contributed by atoms with E-state index in [4.69, 9.17) is 16.3 Å². The normalized spacial score (nSPS) is 12.2. The molecule has 0 fully saturated rings. The molecule has 0 unspecified atom stereocenters. The predicted molar refractivity (Wildman–Crippen MR) is 77.5 cm³/mol. The lowest BCUT2D eigenvalue weighted by Crippen LogP contribution is -2.18. The van der Waals surface area contributed by atoms with Crippen LogP contribution in [0, 0.1) is 0 Å². The monoisotopic (exact) mass is 276 g/mol. The number of halogens is 1. The lowest BCUT2D eigenvalue weighted by Gasteiger charge is -2.14. The molecular formula is C15H17ClN2O. The van der Waals surface area contributed by atoms with Crippen LogP contribution in [0.5, 0.6) is 5.75 Å². The Labute approximate surface area is 118 Å². The minimum absolute atomic E-state index is 0.267. The second kappa shape index (κ2) is 6.55. The van der Waals surface area contributed by atoms with Crippen LogP contribution in [0.1, 0.15) is 24.1 Å². The van der Waals surface area contributed by atoms with E-state index in [0.717, 1.165) is 12.1 Å². The van der Waals surface area contributed by atoms with E-state index in [0.29, 0.717) is 10.8 Å². The highest BCUT2D eigenvalue weighted by atomic mass is 35.5. The van der Waals surface area contributed by atoms with Gasteiger partial charge in [-0.2, -0.15) is 0 Å². The van der Waals surface area contributed by atoms with Crippen molar-refractivity contribution in [2.75, 3.05) is 7.11 Å². The highest BCUT2D eigenvalue weighted by Crippen LogP contribution is 2.25. The second-order valence-corrected chi connectivity index (χ2v) is 4.76. The zero-order valence-corrected chi connectivity index (χ0v) is 11.8. The van der Waals surface area contributed by atoms with Crippen molar-refractivity contribution in [1.82, 2.24) is 10.3 Å². The molecule has 1 aromatic carbocycles. The molecule has 0 spiro atoms. The lowest BCUT2D eigenvalue weighted by molar-refractivity contribution is 0.414. The number of aromatic nitrogens is 1. The van der Waals surface area contributed by atoms with Gasteiger partial charge < -0.3 is 10.1 Å². The third-order valence-corrected chi connectivity index (χ3v) is 3.33. The van der Waals surface area contributed by atoms with E-state index >= 15 is 0 Å². The third-order valence-electron chi connectivity index (χ3n) is 3.03. The summed E-state index contributed by atoms with van der Waals surface area (Å²) in [6, 6.07) is 10.1. The minimum atomic E-state index is 0.267. The number of hydrogen-bond acceptors (Lipinski definition) is 3. The zero-order valence-electron chi connectivity index (χ0n) is 11.1. The molecule has 1 N–H and O–H groups in total. The van der Waals surface area contributed by atoms with Gasteiger partial charge in [0.05, 0.1) is 12.1 Å². The van der Waals surface area contributed by atoms with Crippen LogP contribution in [0.3, 0.4) is 0 Å². The van der Waals surface area contributed by atoms with Crippen LogP contribution in [-0.4, -0.2) is 12.1 Å². The minimum Gasteiger partial charge on any atom is -0.495 e. The SMILES string of the molecule is COc1ccc(CN[C@H](C)c2ccncc2)cc1Cl. The van der Waals surface area contributed by atoms with Crippen molar-refractivity contribution in [3.63, 3.8) is 0 Å². The summed E-state index contributed by atoms with van der Waals surface area (Å²) in [5, 5.41) is 4.09. The first-order chi connectivity index (χ1) is 9.20. The molecule has 1 atom stereocenters. The van der Waals surface area contributed by atoms with Gasteiger partial charge in [-0.1, -0.05) is 17.7 Å². The Morgan fingerprint density at radius 1 is 1.26 bits per heavy atom. The van der Waals surface area contributed by atoms with Gasteiger partial charge in [0.2, 0.25) is 0 Å². The summed E-state index contributed by atoms with van der Waals surface area (Å²) in [7, 11) is 1.62. The number of nitrogens with zero attached hydrogens (tertiary/aromatic N) is 1. The maximum Gasteiger partial charge on any atom is 0.137 e. The number of ether oxygens (including phenoxy) is 1. The molecule has 0 saturated heterocycles. The molecule has 0 radical (unpaired) electrons. The van der Waals surface area contributed by atoms with Crippen molar-refractivity contribution >= 4 is 11.6 Å². The van der Waals surface area contributed by atoms with Crippen molar-refractivity contribution < 1.29 is 4.74 Å². The van der Waals surface area contributed by atoms with Gasteiger partial charge in [0, 0.05) is 25.0 Å². The molecular weight excluding hydrogens is 260 g/mol. The van der Waals surface area contributed by atoms with E-state index in [1.165, 1.54) is 5.56 Å². The molecule has 0 aliphatic rings. The van der Waals surface area contributed by atoms with Crippen LogP contribution < -0.4 is 10.1 Å². The zero-order chi connectivity index (χ0) is 13.7.